The Balaban J connectivity index is 1.55. The zero-order chi connectivity index (χ0) is 18.6. The number of carboxylic acids is 1. The van der Waals surface area contributed by atoms with E-state index in [0.717, 1.165) is 21.9 Å². The fourth-order valence-electron chi connectivity index (χ4n) is 2.91. The molecule has 0 aliphatic heterocycles. The number of benzene rings is 3. The largest absolute Gasteiger partial charge is 0.482 e. The van der Waals surface area contributed by atoms with Crippen molar-refractivity contribution in [1.82, 2.24) is 4.98 Å². The summed E-state index contributed by atoms with van der Waals surface area (Å²) in [6.45, 7) is -0.355. The van der Waals surface area contributed by atoms with Crippen LogP contribution in [0.5, 0.6) is 5.75 Å². The summed E-state index contributed by atoms with van der Waals surface area (Å²) in [5, 5.41) is 10.7. The van der Waals surface area contributed by atoms with Crippen LogP contribution in [-0.4, -0.2) is 22.7 Å². The van der Waals surface area contributed by atoms with Crippen molar-refractivity contribution in [1.29, 1.82) is 0 Å². The van der Waals surface area contributed by atoms with Gasteiger partial charge in [0.05, 0.1) is 6.20 Å². The highest BCUT2D eigenvalue weighted by atomic mass is 16.5. The molecule has 1 N–H and O–H groups in total. The quantitative estimate of drug-likeness (QED) is 0.547. The van der Waals surface area contributed by atoms with Crippen molar-refractivity contribution in [2.75, 3.05) is 6.61 Å². The van der Waals surface area contributed by atoms with Gasteiger partial charge in [-0.3, -0.25) is 0 Å². The second-order valence-corrected chi connectivity index (χ2v) is 6.19. The van der Waals surface area contributed by atoms with Gasteiger partial charge in [-0.15, -0.1) is 0 Å². The lowest BCUT2D eigenvalue weighted by Gasteiger charge is -2.06. The van der Waals surface area contributed by atoms with Gasteiger partial charge in [0.15, 0.2) is 18.3 Å². The maximum absolute atomic E-state index is 10.6. The molecule has 0 spiro atoms. The Morgan fingerprint density at radius 3 is 2.59 bits per heavy atom. The van der Waals surface area contributed by atoms with Crippen LogP contribution in [0.15, 0.2) is 77.3 Å². The summed E-state index contributed by atoms with van der Waals surface area (Å²) in [7, 11) is 0. The molecule has 3 aromatic carbocycles. The Morgan fingerprint density at radius 2 is 1.78 bits per heavy atom. The number of ether oxygens (including phenoxy) is 1. The second kappa shape index (κ2) is 7.33. The molecule has 0 radical (unpaired) electrons. The van der Waals surface area contributed by atoms with Crippen molar-refractivity contribution in [3.8, 4) is 17.1 Å². The number of oxazole rings is 1. The number of aliphatic carboxylic acids is 1. The number of rotatable bonds is 6. The van der Waals surface area contributed by atoms with Gasteiger partial charge in [0.25, 0.3) is 0 Å². The first-order valence-corrected chi connectivity index (χ1v) is 8.55. The van der Waals surface area contributed by atoms with Gasteiger partial charge in [-0.1, -0.05) is 48.5 Å². The van der Waals surface area contributed by atoms with Gasteiger partial charge in [-0.25, -0.2) is 9.78 Å². The van der Waals surface area contributed by atoms with Gasteiger partial charge in [0.1, 0.15) is 5.75 Å². The van der Waals surface area contributed by atoms with E-state index >= 15 is 0 Å². The lowest BCUT2D eigenvalue weighted by atomic mass is 10.1. The zero-order valence-corrected chi connectivity index (χ0v) is 14.5. The topological polar surface area (TPSA) is 72.6 Å². The van der Waals surface area contributed by atoms with Crippen LogP contribution in [0.1, 0.15) is 11.5 Å². The van der Waals surface area contributed by atoms with Crippen molar-refractivity contribution in [2.24, 2.45) is 0 Å². The molecule has 1 heterocycles. The number of nitrogens with zero attached hydrogens (tertiary/aromatic N) is 1. The molecule has 0 saturated carbocycles. The Hall–Kier alpha value is -3.60. The molecule has 27 heavy (non-hydrogen) atoms. The average Bonchev–Trinajstić information content (AvgIpc) is 3.15. The van der Waals surface area contributed by atoms with E-state index in [1.165, 1.54) is 0 Å². The highest BCUT2D eigenvalue weighted by molar-refractivity contribution is 5.87. The lowest BCUT2D eigenvalue weighted by molar-refractivity contribution is -0.139. The van der Waals surface area contributed by atoms with E-state index in [0.29, 0.717) is 23.8 Å². The van der Waals surface area contributed by atoms with Crippen LogP contribution >= 0.6 is 0 Å². The highest BCUT2D eigenvalue weighted by Crippen LogP contribution is 2.28. The molecular formula is C22H17NO4. The first-order chi connectivity index (χ1) is 13.2. The minimum atomic E-state index is -0.998. The maximum Gasteiger partial charge on any atom is 0.341 e. The fourth-order valence-corrected chi connectivity index (χ4v) is 2.91. The van der Waals surface area contributed by atoms with Gasteiger partial charge >= 0.3 is 5.97 Å². The van der Waals surface area contributed by atoms with E-state index in [4.69, 9.17) is 14.3 Å². The van der Waals surface area contributed by atoms with Crippen LogP contribution < -0.4 is 4.74 Å². The molecule has 0 fully saturated rings. The molecule has 0 aliphatic rings. The van der Waals surface area contributed by atoms with E-state index in [2.05, 4.69) is 4.98 Å². The van der Waals surface area contributed by atoms with E-state index in [1.807, 2.05) is 60.7 Å². The lowest BCUT2D eigenvalue weighted by Crippen LogP contribution is -2.09. The van der Waals surface area contributed by atoms with Gasteiger partial charge < -0.3 is 14.3 Å². The summed E-state index contributed by atoms with van der Waals surface area (Å²) in [4.78, 5) is 15.0. The number of carbonyl (C=O) groups is 1. The molecule has 134 valence electrons. The predicted molar refractivity (Wildman–Crippen MR) is 102 cm³/mol. The van der Waals surface area contributed by atoms with Crippen LogP contribution in [0.2, 0.25) is 0 Å². The summed E-state index contributed by atoms with van der Waals surface area (Å²) in [6, 6.07) is 21.5. The minimum absolute atomic E-state index is 0.355. The fraction of sp³-hybridized carbons (Fsp3) is 0.0909. The number of hydrogen-bond acceptors (Lipinski definition) is 4. The van der Waals surface area contributed by atoms with Crippen molar-refractivity contribution in [2.45, 2.75) is 6.42 Å². The molecular weight excluding hydrogens is 342 g/mol. The molecule has 0 unspecified atom stereocenters. The van der Waals surface area contributed by atoms with Gasteiger partial charge in [-0.05, 0) is 34.5 Å². The number of hydrogen-bond donors (Lipinski definition) is 1. The summed E-state index contributed by atoms with van der Waals surface area (Å²) in [5.41, 5.74) is 2.09. The van der Waals surface area contributed by atoms with Crippen LogP contribution in [0, 0.1) is 0 Å². The van der Waals surface area contributed by atoms with Crippen LogP contribution in [-0.2, 0) is 11.2 Å². The molecule has 5 heteroatoms. The van der Waals surface area contributed by atoms with Crippen LogP contribution in [0.25, 0.3) is 22.1 Å². The Kier molecular flexibility index (Phi) is 4.58. The molecule has 0 bridgehead atoms. The molecule has 0 saturated heterocycles. The molecule has 4 aromatic rings. The Bertz CT molecular complexity index is 1090. The van der Waals surface area contributed by atoms with Crippen molar-refractivity contribution >= 4 is 16.7 Å². The average molecular weight is 359 g/mol. The second-order valence-electron chi connectivity index (χ2n) is 6.19. The summed E-state index contributed by atoms with van der Waals surface area (Å²) in [5.74, 6) is 0.923. The standard InChI is InChI=1S/C22H17NO4/c24-22(25)14-26-19-9-8-16-11-18(7-6-17(16)12-19)20-13-23-21(27-20)10-15-4-2-1-3-5-15/h1-9,11-13H,10,14H2,(H,24,25). The number of carboxylic acid groups (broad SMARTS) is 1. The SMILES string of the molecule is O=C(O)COc1ccc2cc(-c3cnc(Cc4ccccc4)o3)ccc2c1. The Labute approximate surface area is 155 Å². The van der Waals surface area contributed by atoms with E-state index in [1.54, 1.807) is 12.3 Å². The van der Waals surface area contributed by atoms with Crippen LogP contribution in [0.4, 0.5) is 0 Å². The molecule has 1 aromatic heterocycles. The Morgan fingerprint density at radius 1 is 1.00 bits per heavy atom. The normalized spacial score (nSPS) is 10.8. The number of aromatic nitrogens is 1. The third-order valence-corrected chi connectivity index (χ3v) is 4.21. The first-order valence-electron chi connectivity index (χ1n) is 8.55. The van der Waals surface area contributed by atoms with Crippen LogP contribution in [0.3, 0.4) is 0 Å². The smallest absolute Gasteiger partial charge is 0.341 e. The monoisotopic (exact) mass is 359 g/mol. The number of fused-ring (bicyclic) bond motifs is 1. The van der Waals surface area contributed by atoms with E-state index < -0.39 is 5.97 Å². The summed E-state index contributed by atoms with van der Waals surface area (Å²) in [6.07, 6.45) is 2.39. The third kappa shape index (κ3) is 3.98. The third-order valence-electron chi connectivity index (χ3n) is 4.21. The minimum Gasteiger partial charge on any atom is -0.482 e. The summed E-state index contributed by atoms with van der Waals surface area (Å²) >= 11 is 0. The molecule has 0 amide bonds. The summed E-state index contributed by atoms with van der Waals surface area (Å²) < 4.78 is 11.1. The van der Waals surface area contributed by atoms with Crippen molar-refractivity contribution < 1.29 is 19.1 Å². The molecule has 4 rings (SSSR count). The van der Waals surface area contributed by atoms with Crippen molar-refractivity contribution in [3.63, 3.8) is 0 Å². The van der Waals surface area contributed by atoms with E-state index in [9.17, 15) is 4.79 Å². The van der Waals surface area contributed by atoms with Gasteiger partial charge in [-0.2, -0.15) is 0 Å². The first kappa shape index (κ1) is 16.8. The predicted octanol–water partition coefficient (Wildman–Crippen LogP) is 4.55. The van der Waals surface area contributed by atoms with Crippen molar-refractivity contribution in [3.05, 3.63) is 84.4 Å². The maximum atomic E-state index is 10.6. The zero-order valence-electron chi connectivity index (χ0n) is 14.5. The van der Waals surface area contributed by atoms with Gasteiger partial charge in [0.2, 0.25) is 0 Å². The van der Waals surface area contributed by atoms with E-state index in [-0.39, 0.29) is 6.61 Å². The molecule has 0 aliphatic carbocycles. The molecule has 0 atom stereocenters. The van der Waals surface area contributed by atoms with Gasteiger partial charge in [0, 0.05) is 12.0 Å². The highest BCUT2D eigenvalue weighted by Gasteiger charge is 2.09. The molecule has 5 nitrogen and oxygen atoms in total.